The van der Waals surface area contributed by atoms with Crippen molar-refractivity contribution in [2.75, 3.05) is 11.1 Å². The lowest BCUT2D eigenvalue weighted by Crippen LogP contribution is -2.14. The number of pyridine rings is 1. The zero-order chi connectivity index (χ0) is 21.5. The molecule has 0 saturated carbocycles. The molecule has 1 aliphatic carbocycles. The molecule has 0 spiro atoms. The van der Waals surface area contributed by atoms with E-state index in [0.717, 1.165) is 52.0 Å². The van der Waals surface area contributed by atoms with E-state index < -0.39 is 0 Å². The molecule has 0 bridgehead atoms. The number of carbonyl (C=O) groups excluding carboxylic acids is 1. The lowest BCUT2D eigenvalue weighted by atomic mass is 9.82. The number of fused-ring (bicyclic) bond motifs is 2. The zero-order valence-corrected chi connectivity index (χ0v) is 18.6. The predicted octanol–water partition coefficient (Wildman–Crippen LogP) is 6.02. The van der Waals surface area contributed by atoms with Crippen molar-refractivity contribution in [2.24, 2.45) is 0 Å². The summed E-state index contributed by atoms with van der Waals surface area (Å²) in [6.45, 7) is 3.99. The van der Waals surface area contributed by atoms with Gasteiger partial charge in [0.05, 0.1) is 5.69 Å². The molecule has 3 N–H and O–H groups in total. The number of nitrogen functional groups attached to an aromatic ring is 1. The molecule has 5 heteroatoms. The summed E-state index contributed by atoms with van der Waals surface area (Å²) in [5.74, 6) is 0.331. The van der Waals surface area contributed by atoms with Crippen molar-refractivity contribution in [1.82, 2.24) is 4.98 Å². The van der Waals surface area contributed by atoms with E-state index in [2.05, 4.69) is 41.7 Å². The van der Waals surface area contributed by atoms with Gasteiger partial charge in [-0.25, -0.2) is 4.98 Å². The van der Waals surface area contributed by atoms with Crippen LogP contribution in [0.3, 0.4) is 0 Å². The zero-order valence-electron chi connectivity index (χ0n) is 17.7. The standard InChI is InChI=1S/C26H25N3OS/c1-15-7-6-8-16(2)23(15)29-25(30)24-22(27)20-14-19-13-18(17-9-4-3-5-10-17)11-12-21(19)28-26(20)31-24/h3-10,14,18H,11-13,27H2,1-2H3,(H,29,30). The van der Waals surface area contributed by atoms with E-state index >= 15 is 0 Å². The number of nitrogens with zero attached hydrogens (tertiary/aromatic N) is 1. The van der Waals surface area contributed by atoms with Crippen LogP contribution in [0.2, 0.25) is 0 Å². The van der Waals surface area contributed by atoms with Crippen LogP contribution in [0.1, 0.15) is 50.0 Å². The van der Waals surface area contributed by atoms with E-state index in [1.54, 1.807) is 0 Å². The quantitative estimate of drug-likeness (QED) is 0.420. The third-order valence-electron chi connectivity index (χ3n) is 6.28. The molecular formula is C26H25N3OS. The Bertz CT molecular complexity index is 1270. The molecule has 1 unspecified atom stereocenters. The van der Waals surface area contributed by atoms with Crippen molar-refractivity contribution in [1.29, 1.82) is 0 Å². The van der Waals surface area contributed by atoms with Gasteiger partial charge in [-0.05, 0) is 67.3 Å². The number of aryl methyl sites for hydroxylation is 3. The number of benzene rings is 2. The van der Waals surface area contributed by atoms with E-state index in [0.29, 0.717) is 16.5 Å². The predicted molar refractivity (Wildman–Crippen MR) is 129 cm³/mol. The Hall–Kier alpha value is -3.18. The Kier molecular flexibility index (Phi) is 4.98. The van der Waals surface area contributed by atoms with Crippen molar-refractivity contribution in [3.05, 3.63) is 87.4 Å². The van der Waals surface area contributed by atoms with Gasteiger partial charge < -0.3 is 11.1 Å². The summed E-state index contributed by atoms with van der Waals surface area (Å²) in [5, 5.41) is 3.95. The highest BCUT2D eigenvalue weighted by Crippen LogP contribution is 2.38. The van der Waals surface area contributed by atoms with Gasteiger partial charge in [0.15, 0.2) is 0 Å². The van der Waals surface area contributed by atoms with Crippen molar-refractivity contribution in [3.8, 4) is 0 Å². The van der Waals surface area contributed by atoms with E-state index in [-0.39, 0.29) is 5.91 Å². The van der Waals surface area contributed by atoms with Gasteiger partial charge in [0, 0.05) is 16.8 Å². The molecule has 5 rings (SSSR count). The van der Waals surface area contributed by atoms with Crippen molar-refractivity contribution in [3.63, 3.8) is 0 Å². The maximum absolute atomic E-state index is 13.1. The topological polar surface area (TPSA) is 68.0 Å². The van der Waals surface area contributed by atoms with Gasteiger partial charge in [-0.1, -0.05) is 48.5 Å². The second kappa shape index (κ2) is 7.82. The first kappa shape index (κ1) is 19.8. The minimum atomic E-state index is -0.168. The number of aromatic nitrogens is 1. The van der Waals surface area contributed by atoms with Crippen LogP contribution >= 0.6 is 11.3 Å². The fourth-order valence-corrected chi connectivity index (χ4v) is 5.54. The van der Waals surface area contributed by atoms with Gasteiger partial charge >= 0.3 is 0 Å². The van der Waals surface area contributed by atoms with Crippen LogP contribution < -0.4 is 11.1 Å². The van der Waals surface area contributed by atoms with Gasteiger partial charge in [0.1, 0.15) is 9.71 Å². The van der Waals surface area contributed by atoms with Crippen LogP contribution in [0.5, 0.6) is 0 Å². The first-order valence-corrected chi connectivity index (χ1v) is 11.5. The number of thiophene rings is 1. The van der Waals surface area contributed by atoms with Crippen molar-refractivity contribution >= 4 is 38.8 Å². The number of anilines is 2. The first-order valence-electron chi connectivity index (χ1n) is 10.6. The Morgan fingerprint density at radius 2 is 1.84 bits per heavy atom. The molecule has 2 aromatic carbocycles. The molecule has 1 amide bonds. The number of nitrogens with one attached hydrogen (secondary N) is 1. The third kappa shape index (κ3) is 3.59. The summed E-state index contributed by atoms with van der Waals surface area (Å²) in [6.07, 6.45) is 3.00. The molecule has 4 nitrogen and oxygen atoms in total. The average Bonchev–Trinajstić information content (AvgIpc) is 3.10. The van der Waals surface area contributed by atoms with Crippen molar-refractivity contribution in [2.45, 2.75) is 39.0 Å². The molecule has 0 saturated heterocycles. The highest BCUT2D eigenvalue weighted by Gasteiger charge is 2.25. The minimum Gasteiger partial charge on any atom is -0.397 e. The summed E-state index contributed by atoms with van der Waals surface area (Å²) in [5.41, 5.74) is 13.7. The second-order valence-electron chi connectivity index (χ2n) is 8.36. The molecule has 2 heterocycles. The number of hydrogen-bond donors (Lipinski definition) is 2. The van der Waals surface area contributed by atoms with Crippen LogP contribution in [-0.4, -0.2) is 10.9 Å². The Labute approximate surface area is 186 Å². The first-order chi connectivity index (χ1) is 15.0. The molecule has 4 aromatic rings. The number of nitrogens with two attached hydrogens (primary N) is 1. The number of amides is 1. The van der Waals surface area contributed by atoms with Crippen LogP contribution in [0, 0.1) is 13.8 Å². The Morgan fingerprint density at radius 1 is 1.10 bits per heavy atom. The molecule has 31 heavy (non-hydrogen) atoms. The van der Waals surface area contributed by atoms with Gasteiger partial charge in [0.2, 0.25) is 0 Å². The lowest BCUT2D eigenvalue weighted by molar-refractivity contribution is 0.103. The van der Waals surface area contributed by atoms with Crippen LogP contribution in [0.15, 0.2) is 54.6 Å². The molecule has 0 radical (unpaired) electrons. The van der Waals surface area contributed by atoms with Crippen LogP contribution in [-0.2, 0) is 12.8 Å². The summed E-state index contributed by atoms with van der Waals surface area (Å²) < 4.78 is 0. The van der Waals surface area contributed by atoms with E-state index in [1.165, 1.54) is 22.5 Å². The molecule has 0 aliphatic heterocycles. The number of para-hydroxylation sites is 1. The fourth-order valence-electron chi connectivity index (χ4n) is 4.55. The summed E-state index contributed by atoms with van der Waals surface area (Å²) >= 11 is 1.38. The number of carbonyl (C=O) groups is 1. The van der Waals surface area contributed by atoms with Crippen LogP contribution in [0.25, 0.3) is 10.2 Å². The third-order valence-corrected chi connectivity index (χ3v) is 7.40. The number of rotatable bonds is 3. The molecule has 2 aromatic heterocycles. The maximum atomic E-state index is 13.1. The van der Waals surface area contributed by atoms with E-state index in [4.69, 9.17) is 10.7 Å². The highest BCUT2D eigenvalue weighted by atomic mass is 32.1. The molecule has 1 aliphatic rings. The van der Waals surface area contributed by atoms with Gasteiger partial charge in [-0.2, -0.15) is 0 Å². The maximum Gasteiger partial charge on any atom is 0.267 e. The van der Waals surface area contributed by atoms with Gasteiger partial charge in [-0.15, -0.1) is 11.3 Å². The summed E-state index contributed by atoms with van der Waals surface area (Å²) in [4.78, 5) is 19.3. The SMILES string of the molecule is Cc1cccc(C)c1NC(=O)c1sc2nc3c(cc2c1N)CC(c1ccccc1)CC3. The second-order valence-corrected chi connectivity index (χ2v) is 9.36. The van der Waals surface area contributed by atoms with E-state index in [9.17, 15) is 4.79 Å². The van der Waals surface area contributed by atoms with E-state index in [1.807, 2.05) is 32.0 Å². The molecule has 0 fully saturated rings. The molecule has 1 atom stereocenters. The Balaban J connectivity index is 1.47. The monoisotopic (exact) mass is 427 g/mol. The largest absolute Gasteiger partial charge is 0.397 e. The summed E-state index contributed by atoms with van der Waals surface area (Å²) in [6, 6.07) is 18.8. The smallest absolute Gasteiger partial charge is 0.267 e. The minimum absolute atomic E-state index is 0.168. The Morgan fingerprint density at radius 3 is 2.58 bits per heavy atom. The number of hydrogen-bond acceptors (Lipinski definition) is 4. The highest BCUT2D eigenvalue weighted by molar-refractivity contribution is 7.21. The normalized spacial score (nSPS) is 15.6. The van der Waals surface area contributed by atoms with Gasteiger partial charge in [0.25, 0.3) is 5.91 Å². The lowest BCUT2D eigenvalue weighted by Gasteiger charge is -2.24. The molecule has 156 valence electrons. The van der Waals surface area contributed by atoms with Gasteiger partial charge in [-0.3, -0.25) is 4.79 Å². The fraction of sp³-hybridized carbons (Fsp3) is 0.231. The average molecular weight is 428 g/mol. The molecular weight excluding hydrogens is 402 g/mol. The van der Waals surface area contributed by atoms with Crippen molar-refractivity contribution < 1.29 is 4.79 Å². The van der Waals surface area contributed by atoms with Crippen LogP contribution in [0.4, 0.5) is 11.4 Å². The summed E-state index contributed by atoms with van der Waals surface area (Å²) in [7, 11) is 0.